The van der Waals surface area contributed by atoms with Gasteiger partial charge in [-0.05, 0) is 75.5 Å². The Balaban J connectivity index is 1.88. The van der Waals surface area contributed by atoms with E-state index in [1.54, 1.807) is 0 Å². The van der Waals surface area contributed by atoms with E-state index in [0.717, 1.165) is 42.9 Å². The van der Waals surface area contributed by atoms with Crippen LogP contribution in [0.25, 0.3) is 0 Å². The van der Waals surface area contributed by atoms with E-state index in [9.17, 15) is 0 Å². The molecule has 1 saturated heterocycles. The van der Waals surface area contributed by atoms with Crippen LogP contribution in [0.1, 0.15) is 12.8 Å². The Kier molecular flexibility index (Phi) is 4.91. The Bertz CT molecular complexity index is 351. The van der Waals surface area contributed by atoms with Crippen LogP contribution in [0.3, 0.4) is 0 Å². The molecule has 0 bridgehead atoms. The minimum atomic E-state index is 0.639. The van der Waals surface area contributed by atoms with Gasteiger partial charge in [-0.3, -0.25) is 0 Å². The van der Waals surface area contributed by atoms with E-state index < -0.39 is 0 Å². The summed E-state index contributed by atoms with van der Waals surface area (Å²) in [6.07, 6.45) is 2.23. The third-order valence-corrected chi connectivity index (χ3v) is 4.00. The van der Waals surface area contributed by atoms with Crippen molar-refractivity contribution in [1.29, 1.82) is 0 Å². The average molecular weight is 397 g/mol. The van der Waals surface area contributed by atoms with Crippen molar-refractivity contribution in [1.82, 2.24) is 0 Å². The largest absolute Gasteiger partial charge is 0.492 e. The van der Waals surface area contributed by atoms with Gasteiger partial charge in [0.2, 0.25) is 0 Å². The predicted molar refractivity (Wildman–Crippen MR) is 75.9 cm³/mol. The molecule has 1 fully saturated rings. The Hall–Kier alpha value is 0.190. The molecule has 0 amide bonds. The predicted octanol–water partition coefficient (Wildman–Crippen LogP) is 3.86. The zero-order valence-corrected chi connectivity index (χ0v) is 12.7. The molecule has 0 atom stereocenters. The van der Waals surface area contributed by atoms with Crippen molar-refractivity contribution in [3.05, 3.63) is 26.2 Å². The first kappa shape index (κ1) is 12.6. The lowest BCUT2D eigenvalue weighted by molar-refractivity contribution is 0.0496. The second-order valence-electron chi connectivity index (χ2n) is 3.94. The summed E-state index contributed by atoms with van der Waals surface area (Å²) >= 11 is 5.81. The molecule has 1 heterocycles. The summed E-state index contributed by atoms with van der Waals surface area (Å²) in [4.78, 5) is 0. The maximum atomic E-state index is 5.83. The molecular formula is C12H14BrIO2. The molecule has 16 heavy (non-hydrogen) atoms. The van der Waals surface area contributed by atoms with Gasteiger partial charge in [0.25, 0.3) is 0 Å². The summed E-state index contributed by atoms with van der Waals surface area (Å²) in [7, 11) is 0. The van der Waals surface area contributed by atoms with E-state index in [1.165, 1.54) is 3.57 Å². The van der Waals surface area contributed by atoms with Crippen LogP contribution in [-0.4, -0.2) is 19.8 Å². The molecule has 0 aliphatic carbocycles. The molecule has 1 aliphatic rings. The molecule has 0 saturated carbocycles. The number of halogens is 2. The summed E-state index contributed by atoms with van der Waals surface area (Å²) in [6, 6.07) is 6.15. The number of ether oxygens (including phenoxy) is 2. The number of hydrogen-bond acceptors (Lipinski definition) is 2. The Morgan fingerprint density at radius 1 is 1.38 bits per heavy atom. The molecule has 0 unspecified atom stereocenters. The molecule has 0 spiro atoms. The van der Waals surface area contributed by atoms with Crippen molar-refractivity contribution in [3.8, 4) is 5.75 Å². The van der Waals surface area contributed by atoms with Crippen LogP contribution in [0.4, 0.5) is 0 Å². The highest BCUT2D eigenvalue weighted by Crippen LogP contribution is 2.27. The zero-order valence-electron chi connectivity index (χ0n) is 8.92. The smallest absolute Gasteiger partial charge is 0.133 e. The zero-order chi connectivity index (χ0) is 11.4. The van der Waals surface area contributed by atoms with E-state index in [-0.39, 0.29) is 0 Å². The highest BCUT2D eigenvalue weighted by Gasteiger charge is 2.14. The van der Waals surface area contributed by atoms with Crippen LogP contribution < -0.4 is 4.74 Å². The monoisotopic (exact) mass is 396 g/mol. The van der Waals surface area contributed by atoms with Crippen molar-refractivity contribution >= 4 is 38.5 Å². The van der Waals surface area contributed by atoms with Crippen LogP contribution in [0.2, 0.25) is 0 Å². The van der Waals surface area contributed by atoms with Crippen LogP contribution in [0, 0.1) is 9.49 Å². The summed E-state index contributed by atoms with van der Waals surface area (Å²) in [5.41, 5.74) is 0. The second-order valence-corrected chi connectivity index (χ2v) is 6.04. The van der Waals surface area contributed by atoms with Gasteiger partial charge in [0.15, 0.2) is 0 Å². The number of hydrogen-bond donors (Lipinski definition) is 0. The van der Waals surface area contributed by atoms with Gasteiger partial charge in [0.05, 0.1) is 11.1 Å². The van der Waals surface area contributed by atoms with Gasteiger partial charge >= 0.3 is 0 Å². The lowest BCUT2D eigenvalue weighted by Gasteiger charge is -2.22. The summed E-state index contributed by atoms with van der Waals surface area (Å²) in [5, 5.41) is 0. The quantitative estimate of drug-likeness (QED) is 0.722. The van der Waals surface area contributed by atoms with Gasteiger partial charge in [-0.2, -0.15) is 0 Å². The molecule has 0 aromatic heterocycles. The maximum absolute atomic E-state index is 5.83. The molecule has 0 radical (unpaired) electrons. The molecule has 2 nitrogen and oxygen atoms in total. The maximum Gasteiger partial charge on any atom is 0.133 e. The van der Waals surface area contributed by atoms with Gasteiger partial charge in [0, 0.05) is 16.8 Å². The Morgan fingerprint density at radius 2 is 2.12 bits per heavy atom. The molecule has 1 aromatic carbocycles. The van der Waals surface area contributed by atoms with E-state index in [2.05, 4.69) is 50.7 Å². The van der Waals surface area contributed by atoms with Crippen LogP contribution in [0.5, 0.6) is 5.75 Å². The Labute approximate surface area is 118 Å². The fourth-order valence-electron chi connectivity index (χ4n) is 1.71. The normalized spacial score (nSPS) is 17.4. The summed E-state index contributed by atoms with van der Waals surface area (Å²) < 4.78 is 13.4. The van der Waals surface area contributed by atoms with Gasteiger partial charge < -0.3 is 9.47 Å². The minimum absolute atomic E-state index is 0.639. The number of benzene rings is 1. The van der Waals surface area contributed by atoms with Crippen LogP contribution >= 0.6 is 38.5 Å². The van der Waals surface area contributed by atoms with E-state index in [1.807, 2.05) is 6.07 Å². The standard InChI is InChI=1S/C12H14BrIO2/c13-11-7-10(14)1-2-12(11)16-8-9-3-5-15-6-4-9/h1-2,7,9H,3-6,8H2. The first-order valence-electron chi connectivity index (χ1n) is 5.41. The van der Waals surface area contributed by atoms with Crippen molar-refractivity contribution in [3.63, 3.8) is 0 Å². The van der Waals surface area contributed by atoms with Crippen molar-refractivity contribution < 1.29 is 9.47 Å². The van der Waals surface area contributed by atoms with Gasteiger partial charge in [0.1, 0.15) is 5.75 Å². The number of rotatable bonds is 3. The Morgan fingerprint density at radius 3 is 2.81 bits per heavy atom. The highest BCUT2D eigenvalue weighted by atomic mass is 127. The first-order chi connectivity index (χ1) is 7.75. The van der Waals surface area contributed by atoms with Crippen LogP contribution in [0.15, 0.2) is 22.7 Å². The third-order valence-electron chi connectivity index (χ3n) is 2.71. The molecule has 88 valence electrons. The van der Waals surface area contributed by atoms with Crippen LogP contribution in [-0.2, 0) is 4.74 Å². The summed E-state index contributed by atoms with van der Waals surface area (Å²) in [5.74, 6) is 1.58. The third kappa shape index (κ3) is 3.60. The summed E-state index contributed by atoms with van der Waals surface area (Å²) in [6.45, 7) is 2.55. The van der Waals surface area contributed by atoms with Gasteiger partial charge in [-0.1, -0.05) is 0 Å². The molecule has 0 N–H and O–H groups in total. The molecule has 2 rings (SSSR count). The second kappa shape index (κ2) is 6.21. The average Bonchev–Trinajstić information content (AvgIpc) is 2.29. The van der Waals surface area contributed by atoms with E-state index in [4.69, 9.17) is 9.47 Å². The SMILES string of the molecule is Brc1cc(I)ccc1OCC1CCOCC1. The fourth-order valence-corrected chi connectivity index (χ4v) is 3.13. The minimum Gasteiger partial charge on any atom is -0.492 e. The lowest BCUT2D eigenvalue weighted by Crippen LogP contribution is -2.21. The van der Waals surface area contributed by atoms with Crippen molar-refractivity contribution in [2.75, 3.05) is 19.8 Å². The lowest BCUT2D eigenvalue weighted by atomic mass is 10.0. The van der Waals surface area contributed by atoms with Crippen molar-refractivity contribution in [2.45, 2.75) is 12.8 Å². The molecule has 1 aliphatic heterocycles. The molecule has 1 aromatic rings. The fraction of sp³-hybridized carbons (Fsp3) is 0.500. The molecule has 4 heteroatoms. The van der Waals surface area contributed by atoms with E-state index >= 15 is 0 Å². The topological polar surface area (TPSA) is 18.5 Å². The van der Waals surface area contributed by atoms with Crippen molar-refractivity contribution in [2.24, 2.45) is 5.92 Å². The molecular weight excluding hydrogens is 383 g/mol. The van der Waals surface area contributed by atoms with E-state index in [0.29, 0.717) is 5.92 Å². The van der Waals surface area contributed by atoms with Gasteiger partial charge in [-0.25, -0.2) is 0 Å². The first-order valence-corrected chi connectivity index (χ1v) is 7.28. The van der Waals surface area contributed by atoms with Gasteiger partial charge in [-0.15, -0.1) is 0 Å². The highest BCUT2D eigenvalue weighted by molar-refractivity contribution is 14.1.